The van der Waals surface area contributed by atoms with Gasteiger partial charge in [0, 0.05) is 29.5 Å². The van der Waals surface area contributed by atoms with Crippen molar-refractivity contribution in [3.63, 3.8) is 0 Å². The number of hydrogen-bond acceptors (Lipinski definition) is 5. The van der Waals surface area contributed by atoms with Gasteiger partial charge in [-0.05, 0) is 43.9 Å². The standard InChI is InChI=1S/C19H21N3O4/c1-10(2)26-15-6-12-11(5-13(15)16(20)23)3-4-21-18(12)25-9-19-7-14(19)17(24)22-8-19/h3-6,10,14H,7-9H2,1-2H3,(H2,20,23)(H,22,24)/t14-,19+/m1/s1. The van der Waals surface area contributed by atoms with Crippen molar-refractivity contribution >= 4 is 22.6 Å². The largest absolute Gasteiger partial charge is 0.490 e. The Kier molecular flexibility index (Phi) is 3.75. The fourth-order valence-corrected chi connectivity index (χ4v) is 3.56. The van der Waals surface area contributed by atoms with Crippen molar-refractivity contribution < 1.29 is 19.1 Å². The summed E-state index contributed by atoms with van der Waals surface area (Å²) in [6.45, 7) is 4.84. The number of pyridine rings is 1. The molecule has 1 aromatic carbocycles. The van der Waals surface area contributed by atoms with Crippen LogP contribution in [-0.2, 0) is 4.79 Å². The molecule has 1 aliphatic heterocycles. The van der Waals surface area contributed by atoms with Crippen molar-refractivity contribution in [2.24, 2.45) is 17.1 Å². The molecular formula is C19H21N3O4. The lowest BCUT2D eigenvalue weighted by atomic mass is 10.1. The first-order valence-corrected chi connectivity index (χ1v) is 8.69. The lowest BCUT2D eigenvalue weighted by Gasteiger charge is -2.16. The number of carbonyl (C=O) groups is 2. The molecule has 3 N–H and O–H groups in total. The molecule has 4 rings (SSSR count). The summed E-state index contributed by atoms with van der Waals surface area (Å²) in [5.74, 6) is 0.499. The molecule has 2 aliphatic rings. The molecule has 7 nitrogen and oxygen atoms in total. The van der Waals surface area contributed by atoms with E-state index in [-0.39, 0.29) is 23.3 Å². The summed E-state index contributed by atoms with van der Waals surface area (Å²) in [5.41, 5.74) is 5.71. The van der Waals surface area contributed by atoms with Crippen LogP contribution in [0, 0.1) is 11.3 Å². The molecule has 2 atom stereocenters. The van der Waals surface area contributed by atoms with Crippen LogP contribution in [-0.4, -0.2) is 36.1 Å². The minimum atomic E-state index is -0.544. The maximum Gasteiger partial charge on any atom is 0.252 e. The number of carbonyl (C=O) groups excluding carboxylic acids is 2. The summed E-state index contributed by atoms with van der Waals surface area (Å²) in [6, 6.07) is 5.24. The van der Waals surface area contributed by atoms with Gasteiger partial charge in [0.25, 0.3) is 5.91 Å². The maximum atomic E-state index is 11.8. The van der Waals surface area contributed by atoms with Gasteiger partial charge in [-0.1, -0.05) is 0 Å². The lowest BCUT2D eigenvalue weighted by Crippen LogP contribution is -2.24. The van der Waals surface area contributed by atoms with Gasteiger partial charge >= 0.3 is 0 Å². The van der Waals surface area contributed by atoms with Crippen LogP contribution in [0.5, 0.6) is 11.6 Å². The van der Waals surface area contributed by atoms with Crippen LogP contribution < -0.4 is 20.5 Å². The highest BCUT2D eigenvalue weighted by Crippen LogP contribution is 2.55. The fourth-order valence-electron chi connectivity index (χ4n) is 3.56. The van der Waals surface area contributed by atoms with E-state index in [1.807, 2.05) is 13.8 Å². The Morgan fingerprint density at radius 3 is 2.88 bits per heavy atom. The number of ether oxygens (including phenoxy) is 2. The topological polar surface area (TPSA) is 104 Å². The minimum Gasteiger partial charge on any atom is -0.490 e. The molecule has 1 aromatic heterocycles. The first kappa shape index (κ1) is 16.6. The highest BCUT2D eigenvalue weighted by molar-refractivity contribution is 6.01. The van der Waals surface area contributed by atoms with Gasteiger partial charge in [-0.15, -0.1) is 0 Å². The van der Waals surface area contributed by atoms with Crippen LogP contribution in [0.1, 0.15) is 30.6 Å². The monoisotopic (exact) mass is 355 g/mol. The zero-order valence-corrected chi connectivity index (χ0v) is 14.7. The zero-order valence-electron chi connectivity index (χ0n) is 14.7. The number of hydrogen-bond donors (Lipinski definition) is 2. The summed E-state index contributed by atoms with van der Waals surface area (Å²) < 4.78 is 11.7. The predicted molar refractivity (Wildman–Crippen MR) is 95.1 cm³/mol. The second kappa shape index (κ2) is 5.86. The summed E-state index contributed by atoms with van der Waals surface area (Å²) in [4.78, 5) is 27.7. The third kappa shape index (κ3) is 2.73. The predicted octanol–water partition coefficient (Wildman–Crippen LogP) is 1.64. The van der Waals surface area contributed by atoms with E-state index >= 15 is 0 Å². The maximum absolute atomic E-state index is 11.8. The second-order valence-corrected chi connectivity index (χ2v) is 7.34. The molecule has 2 fully saturated rings. The number of benzene rings is 1. The molecule has 0 spiro atoms. The fraction of sp³-hybridized carbons (Fsp3) is 0.421. The molecule has 0 radical (unpaired) electrons. The Balaban J connectivity index is 1.66. The number of fused-ring (bicyclic) bond motifs is 2. The van der Waals surface area contributed by atoms with Crippen LogP contribution in [0.2, 0.25) is 0 Å². The van der Waals surface area contributed by atoms with Gasteiger partial charge in [-0.2, -0.15) is 0 Å². The Hall–Kier alpha value is -2.83. The molecule has 0 unspecified atom stereocenters. The summed E-state index contributed by atoms with van der Waals surface area (Å²) >= 11 is 0. The van der Waals surface area contributed by atoms with Crippen molar-refractivity contribution in [3.8, 4) is 11.6 Å². The first-order valence-electron chi connectivity index (χ1n) is 8.69. The molecule has 2 aromatic rings. The minimum absolute atomic E-state index is 0.0544. The van der Waals surface area contributed by atoms with E-state index in [1.54, 1.807) is 24.4 Å². The molecule has 1 aliphatic carbocycles. The average molecular weight is 355 g/mol. The van der Waals surface area contributed by atoms with Crippen molar-refractivity contribution in [2.45, 2.75) is 26.4 Å². The van der Waals surface area contributed by atoms with E-state index in [4.69, 9.17) is 15.2 Å². The van der Waals surface area contributed by atoms with Crippen molar-refractivity contribution in [2.75, 3.05) is 13.2 Å². The first-order chi connectivity index (χ1) is 12.4. The van der Waals surface area contributed by atoms with Crippen molar-refractivity contribution in [3.05, 3.63) is 30.0 Å². The molecule has 1 saturated heterocycles. The molecule has 1 saturated carbocycles. The van der Waals surface area contributed by atoms with Crippen molar-refractivity contribution in [1.82, 2.24) is 10.3 Å². The van der Waals surface area contributed by atoms with Gasteiger partial charge in [-0.25, -0.2) is 4.98 Å². The van der Waals surface area contributed by atoms with Crippen LogP contribution >= 0.6 is 0 Å². The average Bonchev–Trinajstić information content (AvgIpc) is 3.23. The zero-order chi connectivity index (χ0) is 18.5. The van der Waals surface area contributed by atoms with Crippen LogP contribution in [0.25, 0.3) is 10.8 Å². The van der Waals surface area contributed by atoms with Gasteiger partial charge in [0.1, 0.15) is 5.75 Å². The second-order valence-electron chi connectivity index (χ2n) is 7.34. The quantitative estimate of drug-likeness (QED) is 0.820. The smallest absolute Gasteiger partial charge is 0.252 e. The molecule has 0 bridgehead atoms. The summed E-state index contributed by atoms with van der Waals surface area (Å²) in [7, 11) is 0. The number of rotatable bonds is 6. The van der Waals surface area contributed by atoms with Gasteiger partial charge in [-0.3, -0.25) is 9.59 Å². The van der Waals surface area contributed by atoms with E-state index in [0.717, 1.165) is 17.2 Å². The van der Waals surface area contributed by atoms with Gasteiger partial charge in [0.05, 0.1) is 18.3 Å². The Morgan fingerprint density at radius 1 is 1.46 bits per heavy atom. The third-order valence-corrected chi connectivity index (χ3v) is 5.07. The number of nitrogens with two attached hydrogens (primary N) is 1. The SMILES string of the molecule is CC(C)Oc1cc2c(OC[C@]34CNC(=O)[C@H]3C4)nccc2cc1C(N)=O. The van der Waals surface area contributed by atoms with E-state index in [1.165, 1.54) is 0 Å². The summed E-state index contributed by atoms with van der Waals surface area (Å²) in [6.07, 6.45) is 2.39. The lowest BCUT2D eigenvalue weighted by molar-refractivity contribution is -0.120. The van der Waals surface area contributed by atoms with E-state index < -0.39 is 5.91 Å². The number of piperidine rings is 1. The Morgan fingerprint density at radius 2 is 2.27 bits per heavy atom. The number of nitrogens with zero attached hydrogens (tertiary/aromatic N) is 1. The molecule has 2 heterocycles. The Bertz CT molecular complexity index is 911. The summed E-state index contributed by atoms with van der Waals surface area (Å²) in [5, 5.41) is 4.42. The highest BCUT2D eigenvalue weighted by Gasteiger charge is 2.63. The van der Waals surface area contributed by atoms with Crippen LogP contribution in [0.4, 0.5) is 0 Å². The van der Waals surface area contributed by atoms with E-state index in [2.05, 4.69) is 10.3 Å². The number of amides is 2. The van der Waals surface area contributed by atoms with Crippen molar-refractivity contribution in [1.29, 1.82) is 0 Å². The van der Waals surface area contributed by atoms with E-state index in [0.29, 0.717) is 30.3 Å². The molecule has 2 amide bonds. The molecular weight excluding hydrogens is 334 g/mol. The highest BCUT2D eigenvalue weighted by atomic mass is 16.5. The number of primary amides is 1. The molecule has 7 heteroatoms. The molecule has 136 valence electrons. The van der Waals surface area contributed by atoms with Gasteiger partial charge in [0.15, 0.2) is 0 Å². The van der Waals surface area contributed by atoms with Crippen LogP contribution in [0.3, 0.4) is 0 Å². The Labute approximate surface area is 150 Å². The number of nitrogens with one attached hydrogen (secondary N) is 1. The van der Waals surface area contributed by atoms with Gasteiger partial charge < -0.3 is 20.5 Å². The number of aromatic nitrogens is 1. The molecule has 26 heavy (non-hydrogen) atoms. The van der Waals surface area contributed by atoms with Gasteiger partial charge in [0.2, 0.25) is 11.8 Å². The third-order valence-electron chi connectivity index (χ3n) is 5.07. The normalized spacial score (nSPS) is 23.7. The van der Waals surface area contributed by atoms with E-state index in [9.17, 15) is 9.59 Å². The van der Waals surface area contributed by atoms with Crippen LogP contribution in [0.15, 0.2) is 24.4 Å².